The van der Waals surface area contributed by atoms with E-state index in [4.69, 9.17) is 23.7 Å². The highest BCUT2D eigenvalue weighted by molar-refractivity contribution is 9.11. The number of hydrogen-bond acceptors (Lipinski definition) is 6. The van der Waals surface area contributed by atoms with Gasteiger partial charge in [0.25, 0.3) is 0 Å². The van der Waals surface area contributed by atoms with Crippen LogP contribution in [0.1, 0.15) is 17.3 Å². The standard InChI is InChI=1S/C22H26Br2O6/c1-3-29-22(25)19-14-16(18-15-17(23)5-6-20(18)24)4-7-21(19)30-13-12-28-11-10-27-9-8-26-2/h4-7,14-15H,3,8-13H2,1-2H3. The molecule has 0 radical (unpaired) electrons. The lowest BCUT2D eigenvalue weighted by molar-refractivity contribution is 0.0178. The first kappa shape index (κ1) is 24.8. The fraction of sp³-hybridized carbons (Fsp3) is 0.409. The summed E-state index contributed by atoms with van der Waals surface area (Å²) in [7, 11) is 1.63. The maximum Gasteiger partial charge on any atom is 0.341 e. The Kier molecular flexibility index (Phi) is 11.4. The molecule has 2 aromatic carbocycles. The van der Waals surface area contributed by atoms with Crippen LogP contribution in [0.5, 0.6) is 5.75 Å². The summed E-state index contributed by atoms with van der Waals surface area (Å²) < 4.78 is 28.6. The topological polar surface area (TPSA) is 63.2 Å². The van der Waals surface area contributed by atoms with Crippen LogP contribution in [-0.4, -0.2) is 59.3 Å². The zero-order chi connectivity index (χ0) is 21.8. The minimum atomic E-state index is -0.423. The summed E-state index contributed by atoms with van der Waals surface area (Å²) in [5.41, 5.74) is 2.21. The summed E-state index contributed by atoms with van der Waals surface area (Å²) in [6, 6.07) is 11.4. The Balaban J connectivity index is 2.01. The maximum atomic E-state index is 12.5. The molecule has 0 bridgehead atoms. The van der Waals surface area contributed by atoms with Crippen molar-refractivity contribution in [2.75, 3.05) is 53.4 Å². The predicted octanol–water partition coefficient (Wildman–Crippen LogP) is 5.11. The largest absolute Gasteiger partial charge is 0.490 e. The third-order valence-corrected chi connectivity index (χ3v) is 5.19. The average Bonchev–Trinajstić information content (AvgIpc) is 2.74. The number of hydrogen-bond donors (Lipinski definition) is 0. The normalized spacial score (nSPS) is 10.8. The van der Waals surface area contributed by atoms with Gasteiger partial charge in [0.2, 0.25) is 0 Å². The van der Waals surface area contributed by atoms with Crippen molar-refractivity contribution in [3.05, 3.63) is 50.9 Å². The van der Waals surface area contributed by atoms with Crippen LogP contribution < -0.4 is 4.74 Å². The van der Waals surface area contributed by atoms with Gasteiger partial charge in [-0.05, 0) is 48.4 Å². The first-order valence-corrected chi connectivity index (χ1v) is 11.2. The molecular weight excluding hydrogens is 520 g/mol. The van der Waals surface area contributed by atoms with Crippen molar-refractivity contribution in [2.24, 2.45) is 0 Å². The molecule has 0 aliphatic heterocycles. The molecule has 0 spiro atoms. The number of carbonyl (C=O) groups is 1. The van der Waals surface area contributed by atoms with Crippen molar-refractivity contribution in [1.29, 1.82) is 0 Å². The Labute approximate surface area is 194 Å². The summed E-state index contributed by atoms with van der Waals surface area (Å²) in [6.45, 7) is 4.82. The second-order valence-electron chi connectivity index (χ2n) is 6.12. The number of esters is 1. The van der Waals surface area contributed by atoms with Gasteiger partial charge in [0.05, 0.1) is 39.6 Å². The molecule has 2 aromatic rings. The molecule has 0 saturated heterocycles. The third kappa shape index (κ3) is 8.00. The average molecular weight is 546 g/mol. The maximum absolute atomic E-state index is 12.5. The quantitative estimate of drug-likeness (QED) is 0.257. The summed E-state index contributed by atoms with van der Waals surface area (Å²) in [5.74, 6) is 0.0381. The van der Waals surface area contributed by atoms with E-state index in [1.54, 1.807) is 26.2 Å². The van der Waals surface area contributed by atoms with E-state index < -0.39 is 5.97 Å². The summed E-state index contributed by atoms with van der Waals surface area (Å²) >= 11 is 7.05. The third-order valence-electron chi connectivity index (χ3n) is 4.00. The predicted molar refractivity (Wildman–Crippen MR) is 122 cm³/mol. The van der Waals surface area contributed by atoms with Crippen LogP contribution in [0, 0.1) is 0 Å². The van der Waals surface area contributed by atoms with Gasteiger partial charge in [0.15, 0.2) is 0 Å². The van der Waals surface area contributed by atoms with Crippen LogP contribution in [0.4, 0.5) is 0 Å². The molecule has 0 aliphatic carbocycles. The lowest BCUT2D eigenvalue weighted by atomic mass is 10.0. The SMILES string of the molecule is CCOC(=O)c1cc(-c2cc(Br)ccc2Br)ccc1OCCOCCOCCOC. The second-order valence-corrected chi connectivity index (χ2v) is 7.89. The number of benzene rings is 2. The van der Waals surface area contributed by atoms with Crippen molar-refractivity contribution in [1.82, 2.24) is 0 Å². The van der Waals surface area contributed by atoms with Gasteiger partial charge in [-0.3, -0.25) is 0 Å². The van der Waals surface area contributed by atoms with Crippen LogP contribution in [0.15, 0.2) is 45.3 Å². The zero-order valence-electron chi connectivity index (χ0n) is 17.1. The van der Waals surface area contributed by atoms with Crippen molar-refractivity contribution in [3.63, 3.8) is 0 Å². The van der Waals surface area contributed by atoms with Gasteiger partial charge < -0.3 is 23.7 Å². The molecular formula is C22H26Br2O6. The van der Waals surface area contributed by atoms with Gasteiger partial charge in [-0.25, -0.2) is 4.79 Å². The number of carbonyl (C=O) groups excluding carboxylic acids is 1. The molecule has 30 heavy (non-hydrogen) atoms. The Morgan fingerprint density at radius 1 is 0.900 bits per heavy atom. The lowest BCUT2D eigenvalue weighted by Gasteiger charge is -2.14. The van der Waals surface area contributed by atoms with E-state index >= 15 is 0 Å². The number of rotatable bonds is 13. The van der Waals surface area contributed by atoms with Gasteiger partial charge in [0, 0.05) is 16.1 Å². The van der Waals surface area contributed by atoms with E-state index in [0.717, 1.165) is 20.1 Å². The second kappa shape index (κ2) is 13.8. The first-order chi connectivity index (χ1) is 14.6. The molecule has 0 atom stereocenters. The van der Waals surface area contributed by atoms with Crippen molar-refractivity contribution in [2.45, 2.75) is 6.92 Å². The molecule has 0 aliphatic rings. The van der Waals surface area contributed by atoms with Gasteiger partial charge >= 0.3 is 5.97 Å². The molecule has 0 unspecified atom stereocenters. The van der Waals surface area contributed by atoms with Crippen LogP contribution in [0.25, 0.3) is 11.1 Å². The Bertz CT molecular complexity index is 812. The summed E-state index contributed by atoms with van der Waals surface area (Å²) in [6.07, 6.45) is 0. The van der Waals surface area contributed by atoms with Crippen LogP contribution in [-0.2, 0) is 18.9 Å². The Hall–Kier alpha value is -1.45. The fourth-order valence-corrected chi connectivity index (χ4v) is 3.42. The molecule has 0 aromatic heterocycles. The number of ether oxygens (including phenoxy) is 5. The van der Waals surface area contributed by atoms with Crippen LogP contribution in [0.3, 0.4) is 0 Å². The number of methoxy groups -OCH3 is 1. The summed E-state index contributed by atoms with van der Waals surface area (Å²) in [4.78, 5) is 12.5. The van der Waals surface area contributed by atoms with Gasteiger partial charge in [0.1, 0.15) is 17.9 Å². The minimum Gasteiger partial charge on any atom is -0.490 e. The zero-order valence-corrected chi connectivity index (χ0v) is 20.3. The van der Waals surface area contributed by atoms with Crippen LogP contribution >= 0.6 is 31.9 Å². The van der Waals surface area contributed by atoms with E-state index in [0.29, 0.717) is 51.0 Å². The highest BCUT2D eigenvalue weighted by Gasteiger charge is 2.16. The number of halogens is 2. The monoisotopic (exact) mass is 544 g/mol. The molecule has 0 amide bonds. The molecule has 164 valence electrons. The van der Waals surface area contributed by atoms with Gasteiger partial charge in [-0.2, -0.15) is 0 Å². The molecule has 0 fully saturated rings. The van der Waals surface area contributed by atoms with Gasteiger partial charge in [-0.1, -0.05) is 37.9 Å². The van der Waals surface area contributed by atoms with Crippen molar-refractivity contribution >= 4 is 37.8 Å². The Morgan fingerprint density at radius 2 is 1.60 bits per heavy atom. The van der Waals surface area contributed by atoms with E-state index in [1.807, 2.05) is 24.3 Å². The van der Waals surface area contributed by atoms with Crippen molar-refractivity contribution in [3.8, 4) is 16.9 Å². The molecule has 2 rings (SSSR count). The molecule has 0 saturated carbocycles. The van der Waals surface area contributed by atoms with E-state index in [-0.39, 0.29) is 6.61 Å². The summed E-state index contributed by atoms with van der Waals surface area (Å²) in [5, 5.41) is 0. The smallest absolute Gasteiger partial charge is 0.341 e. The van der Waals surface area contributed by atoms with Gasteiger partial charge in [-0.15, -0.1) is 0 Å². The Morgan fingerprint density at radius 3 is 2.30 bits per heavy atom. The highest BCUT2D eigenvalue weighted by atomic mass is 79.9. The lowest BCUT2D eigenvalue weighted by Crippen LogP contribution is -2.14. The molecule has 0 N–H and O–H groups in total. The van der Waals surface area contributed by atoms with E-state index in [2.05, 4.69) is 31.9 Å². The minimum absolute atomic E-state index is 0.287. The van der Waals surface area contributed by atoms with E-state index in [9.17, 15) is 4.79 Å². The van der Waals surface area contributed by atoms with Crippen LogP contribution in [0.2, 0.25) is 0 Å². The highest BCUT2D eigenvalue weighted by Crippen LogP contribution is 2.34. The van der Waals surface area contributed by atoms with E-state index in [1.165, 1.54) is 0 Å². The molecule has 0 heterocycles. The first-order valence-electron chi connectivity index (χ1n) is 9.60. The molecule has 8 heteroatoms. The molecule has 6 nitrogen and oxygen atoms in total. The fourth-order valence-electron chi connectivity index (χ4n) is 2.59. The van der Waals surface area contributed by atoms with Crippen molar-refractivity contribution < 1.29 is 28.5 Å².